The van der Waals surface area contributed by atoms with Gasteiger partial charge in [0, 0.05) is 44.5 Å². The van der Waals surface area contributed by atoms with Crippen LogP contribution in [0.5, 0.6) is 5.75 Å². The summed E-state index contributed by atoms with van der Waals surface area (Å²) in [6.45, 7) is 15.2. The van der Waals surface area contributed by atoms with E-state index in [2.05, 4.69) is 54.9 Å². The molecule has 164 valence electrons. The third kappa shape index (κ3) is 7.42. The van der Waals surface area contributed by atoms with Crippen LogP contribution in [-0.2, 0) is 0 Å². The first-order valence-corrected chi connectivity index (χ1v) is 11.1. The zero-order chi connectivity index (χ0) is 21.2. The normalized spacial score (nSPS) is 15.1. The molecule has 1 aromatic carbocycles. The minimum Gasteiger partial charge on any atom is -0.497 e. The summed E-state index contributed by atoms with van der Waals surface area (Å²) in [6.07, 6.45) is 1.95. The van der Waals surface area contributed by atoms with Crippen LogP contribution in [0.15, 0.2) is 24.3 Å². The summed E-state index contributed by atoms with van der Waals surface area (Å²) in [5.41, 5.74) is 1.22. The molecule has 0 unspecified atom stereocenters. The smallest absolute Gasteiger partial charge is 0.317 e. The molecular weight excluding hydrogens is 364 g/mol. The van der Waals surface area contributed by atoms with Gasteiger partial charge in [-0.1, -0.05) is 27.7 Å². The van der Waals surface area contributed by atoms with Gasteiger partial charge in [-0.2, -0.15) is 0 Å². The minimum atomic E-state index is 0.0914. The molecule has 0 aromatic heterocycles. The highest BCUT2D eigenvalue weighted by Gasteiger charge is 2.23. The molecule has 6 nitrogen and oxygen atoms in total. The van der Waals surface area contributed by atoms with E-state index in [0.717, 1.165) is 64.4 Å². The Morgan fingerprint density at radius 2 is 1.76 bits per heavy atom. The largest absolute Gasteiger partial charge is 0.497 e. The van der Waals surface area contributed by atoms with Gasteiger partial charge in [0.2, 0.25) is 0 Å². The predicted octanol–water partition coefficient (Wildman–Crippen LogP) is 3.67. The van der Waals surface area contributed by atoms with E-state index in [9.17, 15) is 4.79 Å². The molecule has 29 heavy (non-hydrogen) atoms. The third-order valence-corrected chi connectivity index (χ3v) is 5.71. The number of hydrogen-bond donors (Lipinski definition) is 1. The van der Waals surface area contributed by atoms with Crippen LogP contribution in [0.3, 0.4) is 0 Å². The van der Waals surface area contributed by atoms with E-state index >= 15 is 0 Å². The zero-order valence-electron chi connectivity index (χ0n) is 19.0. The number of nitrogens with one attached hydrogen (secondary N) is 1. The van der Waals surface area contributed by atoms with Crippen molar-refractivity contribution in [2.75, 3.05) is 57.8 Å². The van der Waals surface area contributed by atoms with Crippen LogP contribution in [0, 0.1) is 5.92 Å². The lowest BCUT2D eigenvalue weighted by Gasteiger charge is -2.35. The fourth-order valence-corrected chi connectivity index (χ4v) is 3.86. The Morgan fingerprint density at radius 3 is 2.28 bits per heavy atom. The van der Waals surface area contributed by atoms with Gasteiger partial charge in [-0.15, -0.1) is 0 Å². The summed E-state index contributed by atoms with van der Waals surface area (Å²) < 4.78 is 5.24. The average molecular weight is 405 g/mol. The molecular formula is C23H40N4O2. The van der Waals surface area contributed by atoms with Crippen molar-refractivity contribution >= 4 is 11.7 Å². The standard InChI is InChI=1S/C23H40N4O2/c1-6-25(7-2)16-17-27(18-19(3)4)23(28)24-20-12-14-26(15-13-20)21-8-10-22(29-5)11-9-21/h8-11,19-20H,6-7,12-18H2,1-5H3,(H,24,28). The number of urea groups is 1. The van der Waals surface area contributed by atoms with E-state index in [0.29, 0.717) is 5.92 Å². The Balaban J connectivity index is 1.84. The van der Waals surface area contributed by atoms with Crippen LogP contribution in [0.2, 0.25) is 0 Å². The number of hydrogen-bond acceptors (Lipinski definition) is 4. The quantitative estimate of drug-likeness (QED) is 0.646. The van der Waals surface area contributed by atoms with Crippen molar-refractivity contribution < 1.29 is 9.53 Å². The summed E-state index contributed by atoms with van der Waals surface area (Å²) in [5, 5.41) is 3.30. The van der Waals surface area contributed by atoms with E-state index < -0.39 is 0 Å². The highest BCUT2D eigenvalue weighted by Crippen LogP contribution is 2.23. The number of carbonyl (C=O) groups excluding carboxylic acids is 1. The number of likely N-dealkylation sites (N-methyl/N-ethyl adjacent to an activating group) is 1. The van der Waals surface area contributed by atoms with Gasteiger partial charge in [-0.3, -0.25) is 0 Å². The second-order valence-corrected chi connectivity index (χ2v) is 8.28. The van der Waals surface area contributed by atoms with Gasteiger partial charge in [0.1, 0.15) is 5.75 Å². The van der Waals surface area contributed by atoms with Gasteiger partial charge >= 0.3 is 6.03 Å². The fourth-order valence-electron chi connectivity index (χ4n) is 3.86. The monoisotopic (exact) mass is 404 g/mol. The molecule has 1 aromatic rings. The highest BCUT2D eigenvalue weighted by molar-refractivity contribution is 5.74. The first kappa shape index (κ1) is 23.3. The first-order chi connectivity index (χ1) is 14.0. The van der Waals surface area contributed by atoms with Crippen molar-refractivity contribution in [1.82, 2.24) is 15.1 Å². The van der Waals surface area contributed by atoms with Gasteiger partial charge in [0.05, 0.1) is 7.11 Å². The summed E-state index contributed by atoms with van der Waals surface area (Å²) in [7, 11) is 1.69. The summed E-state index contributed by atoms with van der Waals surface area (Å²) in [6, 6.07) is 8.56. The van der Waals surface area contributed by atoms with Crippen molar-refractivity contribution in [3.8, 4) is 5.75 Å². The Labute approximate surface area is 177 Å². The molecule has 1 saturated heterocycles. The maximum absolute atomic E-state index is 12.9. The molecule has 0 bridgehead atoms. The maximum Gasteiger partial charge on any atom is 0.317 e. The van der Waals surface area contributed by atoms with E-state index in [4.69, 9.17) is 4.74 Å². The molecule has 0 spiro atoms. The topological polar surface area (TPSA) is 48.0 Å². The highest BCUT2D eigenvalue weighted by atomic mass is 16.5. The van der Waals surface area contributed by atoms with Gasteiger partial charge in [-0.25, -0.2) is 4.79 Å². The fraction of sp³-hybridized carbons (Fsp3) is 0.696. The van der Waals surface area contributed by atoms with Crippen LogP contribution in [0.4, 0.5) is 10.5 Å². The minimum absolute atomic E-state index is 0.0914. The van der Waals surface area contributed by atoms with Gasteiger partial charge in [0.25, 0.3) is 0 Å². The number of benzene rings is 1. The number of ether oxygens (including phenoxy) is 1. The molecule has 0 radical (unpaired) electrons. The third-order valence-electron chi connectivity index (χ3n) is 5.71. The van der Waals surface area contributed by atoms with Crippen LogP contribution >= 0.6 is 0 Å². The molecule has 2 rings (SSSR count). The lowest BCUT2D eigenvalue weighted by molar-refractivity contribution is 0.172. The predicted molar refractivity (Wildman–Crippen MR) is 121 cm³/mol. The molecule has 1 aliphatic rings. The maximum atomic E-state index is 12.9. The number of rotatable bonds is 10. The zero-order valence-corrected chi connectivity index (χ0v) is 19.0. The number of amides is 2. The van der Waals surface area contributed by atoms with Crippen LogP contribution in [-0.4, -0.2) is 74.8 Å². The second kappa shape index (κ2) is 11.9. The lowest BCUT2D eigenvalue weighted by atomic mass is 10.0. The first-order valence-electron chi connectivity index (χ1n) is 11.1. The number of carbonyl (C=O) groups is 1. The number of methoxy groups -OCH3 is 1. The van der Waals surface area contributed by atoms with Crippen LogP contribution in [0.1, 0.15) is 40.5 Å². The average Bonchev–Trinajstić information content (AvgIpc) is 2.74. The van der Waals surface area contributed by atoms with Crippen molar-refractivity contribution in [2.24, 2.45) is 5.92 Å². The van der Waals surface area contributed by atoms with E-state index in [1.165, 1.54) is 5.69 Å². The van der Waals surface area contributed by atoms with Crippen molar-refractivity contribution in [2.45, 2.75) is 46.6 Å². The molecule has 1 fully saturated rings. The molecule has 0 atom stereocenters. The van der Waals surface area contributed by atoms with Crippen molar-refractivity contribution in [1.29, 1.82) is 0 Å². The van der Waals surface area contributed by atoms with Crippen molar-refractivity contribution in [3.05, 3.63) is 24.3 Å². The van der Waals surface area contributed by atoms with E-state index in [1.807, 2.05) is 17.0 Å². The Kier molecular flexibility index (Phi) is 9.58. The Hall–Kier alpha value is -1.95. The molecule has 1 N–H and O–H groups in total. The molecule has 0 aliphatic carbocycles. The summed E-state index contributed by atoms with van der Waals surface area (Å²) >= 11 is 0. The number of nitrogens with zero attached hydrogens (tertiary/aromatic N) is 3. The summed E-state index contributed by atoms with van der Waals surface area (Å²) in [4.78, 5) is 19.7. The van der Waals surface area contributed by atoms with Gasteiger partial charge < -0.3 is 24.8 Å². The van der Waals surface area contributed by atoms with E-state index in [-0.39, 0.29) is 12.1 Å². The molecule has 1 heterocycles. The van der Waals surface area contributed by atoms with Crippen LogP contribution in [0.25, 0.3) is 0 Å². The molecule has 6 heteroatoms. The number of piperidine rings is 1. The lowest BCUT2D eigenvalue weighted by Crippen LogP contribution is -2.51. The van der Waals surface area contributed by atoms with Gasteiger partial charge in [-0.05, 0) is 56.1 Å². The van der Waals surface area contributed by atoms with Gasteiger partial charge in [0.15, 0.2) is 0 Å². The van der Waals surface area contributed by atoms with E-state index in [1.54, 1.807) is 7.11 Å². The molecule has 1 aliphatic heterocycles. The number of anilines is 1. The molecule has 2 amide bonds. The summed E-state index contributed by atoms with van der Waals surface area (Å²) in [5.74, 6) is 1.35. The molecule has 0 saturated carbocycles. The van der Waals surface area contributed by atoms with Crippen molar-refractivity contribution in [3.63, 3.8) is 0 Å². The Bertz CT molecular complexity index is 593. The second-order valence-electron chi connectivity index (χ2n) is 8.28. The Morgan fingerprint density at radius 1 is 1.14 bits per heavy atom. The van der Waals surface area contributed by atoms with Crippen LogP contribution < -0.4 is 15.0 Å². The SMILES string of the molecule is CCN(CC)CCN(CC(C)C)C(=O)NC1CCN(c2ccc(OC)cc2)CC1.